The van der Waals surface area contributed by atoms with Crippen LogP contribution in [0.15, 0.2) is 24.3 Å². The second kappa shape index (κ2) is 7.60. The highest BCUT2D eigenvalue weighted by molar-refractivity contribution is 5.89. The van der Waals surface area contributed by atoms with Crippen molar-refractivity contribution in [3.05, 3.63) is 35.4 Å². The van der Waals surface area contributed by atoms with E-state index in [-0.39, 0.29) is 17.3 Å². The standard InChI is InChI=1S/C23H32N2O3/c1-3-25-17-22(28-23(8-9-23)21(25)27)10-13-24(14-11-22)12-7-19-5-4-6-20(16-19)15-18(2)26/h4-6,16H,3,7-15,17H2,1-2H3. The van der Waals surface area contributed by atoms with Gasteiger partial charge in [-0.25, -0.2) is 0 Å². The van der Waals surface area contributed by atoms with Gasteiger partial charge in [0.25, 0.3) is 5.91 Å². The van der Waals surface area contributed by atoms with Crippen LogP contribution < -0.4 is 0 Å². The van der Waals surface area contributed by atoms with Crippen molar-refractivity contribution in [2.24, 2.45) is 0 Å². The fraction of sp³-hybridized carbons (Fsp3) is 0.652. The van der Waals surface area contributed by atoms with Crippen molar-refractivity contribution >= 4 is 11.7 Å². The summed E-state index contributed by atoms with van der Waals surface area (Å²) in [4.78, 5) is 28.4. The Morgan fingerprint density at radius 1 is 1.14 bits per heavy atom. The summed E-state index contributed by atoms with van der Waals surface area (Å²) in [6.45, 7) is 8.33. The molecule has 3 fully saturated rings. The van der Waals surface area contributed by atoms with Gasteiger partial charge < -0.3 is 14.5 Å². The number of likely N-dealkylation sites (N-methyl/N-ethyl adjacent to an activating group) is 1. The third kappa shape index (κ3) is 4.01. The quantitative estimate of drug-likeness (QED) is 0.757. The molecule has 1 aliphatic carbocycles. The Morgan fingerprint density at radius 3 is 2.50 bits per heavy atom. The molecule has 2 heterocycles. The largest absolute Gasteiger partial charge is 0.357 e. The van der Waals surface area contributed by atoms with Crippen molar-refractivity contribution < 1.29 is 14.3 Å². The maximum Gasteiger partial charge on any atom is 0.254 e. The molecule has 0 aromatic heterocycles. The summed E-state index contributed by atoms with van der Waals surface area (Å²) < 4.78 is 6.47. The molecule has 4 rings (SSSR count). The average molecular weight is 385 g/mol. The van der Waals surface area contributed by atoms with Crippen LogP contribution in [-0.2, 0) is 27.2 Å². The van der Waals surface area contributed by atoms with E-state index in [4.69, 9.17) is 4.74 Å². The number of ketones is 1. The van der Waals surface area contributed by atoms with Crippen LogP contribution in [0.5, 0.6) is 0 Å². The molecule has 3 aliphatic rings. The van der Waals surface area contributed by atoms with Gasteiger partial charge >= 0.3 is 0 Å². The first-order valence-corrected chi connectivity index (χ1v) is 10.7. The highest BCUT2D eigenvalue weighted by atomic mass is 16.5. The lowest BCUT2D eigenvalue weighted by atomic mass is 9.87. The molecule has 1 saturated carbocycles. The Hall–Kier alpha value is -1.72. The maximum absolute atomic E-state index is 12.6. The molecule has 2 spiro atoms. The third-order valence-corrected chi connectivity index (χ3v) is 6.58. The number of amides is 1. The zero-order valence-corrected chi connectivity index (χ0v) is 17.2. The van der Waals surface area contributed by atoms with Crippen molar-refractivity contribution in [3.63, 3.8) is 0 Å². The number of likely N-dealkylation sites (tertiary alicyclic amines) is 1. The minimum absolute atomic E-state index is 0.141. The molecule has 5 heteroatoms. The molecule has 0 atom stereocenters. The van der Waals surface area contributed by atoms with Gasteiger partial charge in [0.1, 0.15) is 11.4 Å². The molecule has 152 valence electrons. The molecule has 0 bridgehead atoms. The number of ether oxygens (including phenoxy) is 1. The third-order valence-electron chi connectivity index (χ3n) is 6.58. The summed E-state index contributed by atoms with van der Waals surface area (Å²) in [5.41, 5.74) is 1.79. The number of hydrogen-bond acceptors (Lipinski definition) is 4. The van der Waals surface area contributed by atoms with Crippen LogP contribution >= 0.6 is 0 Å². The molecular formula is C23H32N2O3. The predicted octanol–water partition coefficient (Wildman–Crippen LogP) is 2.61. The lowest BCUT2D eigenvalue weighted by Gasteiger charge is -2.50. The monoisotopic (exact) mass is 384 g/mol. The number of carbonyl (C=O) groups excluding carboxylic acids is 2. The number of nitrogens with zero attached hydrogens (tertiary/aromatic N) is 2. The normalized spacial score (nSPS) is 23.4. The van der Waals surface area contributed by atoms with Gasteiger partial charge in [-0.05, 0) is 57.1 Å². The van der Waals surface area contributed by atoms with E-state index in [9.17, 15) is 9.59 Å². The summed E-state index contributed by atoms with van der Waals surface area (Å²) in [6.07, 6.45) is 5.32. The summed E-state index contributed by atoms with van der Waals surface area (Å²) >= 11 is 0. The lowest BCUT2D eigenvalue weighted by molar-refractivity contribution is -0.200. The van der Waals surface area contributed by atoms with Crippen molar-refractivity contribution in [3.8, 4) is 0 Å². The van der Waals surface area contributed by atoms with Crippen LogP contribution in [0.3, 0.4) is 0 Å². The fourth-order valence-electron chi connectivity index (χ4n) is 4.80. The van der Waals surface area contributed by atoms with Crippen molar-refractivity contribution in [1.29, 1.82) is 0 Å². The molecule has 28 heavy (non-hydrogen) atoms. The van der Waals surface area contributed by atoms with Gasteiger partial charge in [-0.15, -0.1) is 0 Å². The second-order valence-corrected chi connectivity index (χ2v) is 8.89. The van der Waals surface area contributed by atoms with Crippen LogP contribution in [0, 0.1) is 0 Å². The predicted molar refractivity (Wildman–Crippen MR) is 108 cm³/mol. The molecule has 0 unspecified atom stereocenters. The molecule has 2 aliphatic heterocycles. The molecule has 2 saturated heterocycles. The van der Waals surface area contributed by atoms with Gasteiger partial charge in [-0.3, -0.25) is 9.59 Å². The Balaban J connectivity index is 1.31. The van der Waals surface area contributed by atoms with Gasteiger partial charge in [-0.2, -0.15) is 0 Å². The highest BCUT2D eigenvalue weighted by Crippen LogP contribution is 2.49. The summed E-state index contributed by atoms with van der Waals surface area (Å²) in [5, 5.41) is 0. The van der Waals surface area contributed by atoms with E-state index < -0.39 is 5.60 Å². The van der Waals surface area contributed by atoms with Crippen molar-refractivity contribution in [2.45, 2.75) is 63.6 Å². The van der Waals surface area contributed by atoms with Crippen molar-refractivity contribution in [1.82, 2.24) is 9.80 Å². The lowest BCUT2D eigenvalue weighted by Crippen LogP contribution is -2.62. The van der Waals surface area contributed by atoms with Gasteiger partial charge in [0.2, 0.25) is 0 Å². The molecule has 5 nitrogen and oxygen atoms in total. The van der Waals surface area contributed by atoms with Crippen LogP contribution in [0.4, 0.5) is 0 Å². The smallest absolute Gasteiger partial charge is 0.254 e. The van der Waals surface area contributed by atoms with Gasteiger partial charge in [0.05, 0.1) is 5.60 Å². The second-order valence-electron chi connectivity index (χ2n) is 8.89. The number of benzene rings is 1. The van der Waals surface area contributed by atoms with Gasteiger partial charge in [-0.1, -0.05) is 24.3 Å². The maximum atomic E-state index is 12.6. The summed E-state index contributed by atoms with van der Waals surface area (Å²) in [6, 6.07) is 8.41. The Bertz CT molecular complexity index is 748. The summed E-state index contributed by atoms with van der Waals surface area (Å²) in [5.74, 6) is 0.424. The number of hydrogen-bond donors (Lipinski definition) is 0. The van der Waals surface area contributed by atoms with Gasteiger partial charge in [0, 0.05) is 39.1 Å². The molecule has 0 radical (unpaired) electrons. The first-order valence-electron chi connectivity index (χ1n) is 10.7. The van der Waals surface area contributed by atoms with Crippen LogP contribution in [0.25, 0.3) is 0 Å². The molecule has 1 aromatic carbocycles. The number of carbonyl (C=O) groups is 2. The van der Waals surface area contributed by atoms with E-state index >= 15 is 0 Å². The van der Waals surface area contributed by atoms with E-state index in [0.717, 1.165) is 70.4 Å². The zero-order chi connectivity index (χ0) is 19.8. The van der Waals surface area contributed by atoms with Crippen LogP contribution in [0.2, 0.25) is 0 Å². The SMILES string of the molecule is CCN1CC2(CCN(CCc3cccc(CC(C)=O)c3)CC2)OC2(CC2)C1=O. The van der Waals surface area contributed by atoms with Crippen molar-refractivity contribution in [2.75, 3.05) is 32.7 Å². The molecular weight excluding hydrogens is 352 g/mol. The minimum Gasteiger partial charge on any atom is -0.357 e. The Labute approximate surface area is 168 Å². The van der Waals surface area contributed by atoms with Crippen LogP contribution in [0.1, 0.15) is 50.7 Å². The van der Waals surface area contributed by atoms with Gasteiger partial charge in [0.15, 0.2) is 0 Å². The number of morpholine rings is 1. The van der Waals surface area contributed by atoms with E-state index in [1.807, 2.05) is 11.0 Å². The number of rotatable bonds is 6. The topological polar surface area (TPSA) is 49.9 Å². The first-order chi connectivity index (χ1) is 13.4. The zero-order valence-electron chi connectivity index (χ0n) is 17.2. The van der Waals surface area contributed by atoms with E-state index in [1.54, 1.807) is 6.92 Å². The molecule has 0 N–H and O–H groups in total. The fourth-order valence-corrected chi connectivity index (χ4v) is 4.80. The number of Topliss-reactive ketones (excluding diaryl/α,β-unsaturated/α-hetero) is 1. The highest BCUT2D eigenvalue weighted by Gasteiger charge is 2.61. The minimum atomic E-state index is -0.479. The molecule has 1 aromatic rings. The number of piperidine rings is 1. The molecule has 1 amide bonds. The van der Waals surface area contributed by atoms with E-state index in [0.29, 0.717) is 6.42 Å². The van der Waals surface area contributed by atoms with Crippen LogP contribution in [-0.4, -0.2) is 65.4 Å². The summed E-state index contributed by atoms with van der Waals surface area (Å²) in [7, 11) is 0. The Morgan fingerprint density at radius 2 is 1.86 bits per heavy atom. The Kier molecular flexibility index (Phi) is 5.32. The van der Waals surface area contributed by atoms with E-state index in [1.165, 1.54) is 5.56 Å². The first kappa shape index (κ1) is 19.6. The van der Waals surface area contributed by atoms with E-state index in [2.05, 4.69) is 30.0 Å². The average Bonchev–Trinajstić information content (AvgIpc) is 3.44.